The highest BCUT2D eigenvalue weighted by Crippen LogP contribution is 2.28. The van der Waals surface area contributed by atoms with E-state index in [0.717, 1.165) is 43.8 Å². The molecule has 1 aromatic rings. The van der Waals surface area contributed by atoms with Crippen LogP contribution < -0.4 is 15.8 Å². The Bertz CT molecular complexity index is 616. The van der Waals surface area contributed by atoms with E-state index in [9.17, 15) is 9.59 Å². The van der Waals surface area contributed by atoms with Gasteiger partial charge in [-0.1, -0.05) is 17.7 Å². The number of nitrogens with one attached hydrogen (secondary N) is 1. The molecular formula is C18H27N3O3. The molecule has 132 valence electrons. The van der Waals surface area contributed by atoms with Gasteiger partial charge >= 0.3 is 11.8 Å². The largest absolute Gasteiger partial charge is 0.496 e. The first-order chi connectivity index (χ1) is 11.4. The predicted molar refractivity (Wildman–Crippen MR) is 92.7 cm³/mol. The Morgan fingerprint density at radius 2 is 2.12 bits per heavy atom. The fraction of sp³-hybridized carbons (Fsp3) is 0.556. The lowest BCUT2D eigenvalue weighted by Gasteiger charge is -2.33. The number of piperidine rings is 1. The number of nitrogens with two attached hydrogens (primary N) is 1. The van der Waals surface area contributed by atoms with E-state index in [0.29, 0.717) is 12.5 Å². The summed E-state index contributed by atoms with van der Waals surface area (Å²) in [7, 11) is 1.71. The fourth-order valence-corrected chi connectivity index (χ4v) is 3.48. The van der Waals surface area contributed by atoms with Crippen LogP contribution in [0.5, 0.6) is 5.75 Å². The predicted octanol–water partition coefficient (Wildman–Crippen LogP) is 1.13. The molecule has 2 amide bonds. The molecule has 1 fully saturated rings. The Morgan fingerprint density at radius 3 is 2.79 bits per heavy atom. The number of benzene rings is 1. The highest BCUT2D eigenvalue weighted by Gasteiger charge is 2.22. The lowest BCUT2D eigenvalue weighted by Crippen LogP contribution is -2.43. The van der Waals surface area contributed by atoms with Crippen molar-refractivity contribution in [2.45, 2.75) is 33.2 Å². The summed E-state index contributed by atoms with van der Waals surface area (Å²) < 4.78 is 5.57. The Hall–Kier alpha value is -2.08. The number of amides is 2. The van der Waals surface area contributed by atoms with Gasteiger partial charge in [-0.25, -0.2) is 0 Å². The van der Waals surface area contributed by atoms with E-state index in [1.165, 1.54) is 11.1 Å². The average Bonchev–Trinajstić information content (AvgIpc) is 2.52. The van der Waals surface area contributed by atoms with Gasteiger partial charge in [0.1, 0.15) is 5.75 Å². The summed E-state index contributed by atoms with van der Waals surface area (Å²) in [5, 5.41) is 2.61. The van der Waals surface area contributed by atoms with Gasteiger partial charge in [0.25, 0.3) is 0 Å². The molecule has 6 nitrogen and oxygen atoms in total. The highest BCUT2D eigenvalue weighted by molar-refractivity contribution is 6.34. The van der Waals surface area contributed by atoms with Crippen LogP contribution in [0.4, 0.5) is 0 Å². The normalized spacial score (nSPS) is 18.2. The average molecular weight is 333 g/mol. The summed E-state index contributed by atoms with van der Waals surface area (Å²) in [6, 6.07) is 4.30. The van der Waals surface area contributed by atoms with Crippen molar-refractivity contribution < 1.29 is 14.3 Å². The Morgan fingerprint density at radius 1 is 1.38 bits per heavy atom. The summed E-state index contributed by atoms with van der Waals surface area (Å²) in [6.45, 7) is 7.38. The molecule has 1 saturated heterocycles. The zero-order valence-corrected chi connectivity index (χ0v) is 14.7. The summed E-state index contributed by atoms with van der Waals surface area (Å²) in [5.74, 6) is -0.352. The molecule has 1 atom stereocenters. The van der Waals surface area contributed by atoms with E-state index in [1.54, 1.807) is 7.11 Å². The number of carbonyl (C=O) groups excluding carboxylic acids is 2. The SMILES string of the molecule is COc1c(C)cc(C)cc1CN1CCCC(CNC(=O)C(N)=O)C1. The molecule has 3 N–H and O–H groups in total. The Labute approximate surface area is 143 Å². The van der Waals surface area contributed by atoms with Crippen molar-refractivity contribution in [2.75, 3.05) is 26.7 Å². The minimum atomic E-state index is -0.928. The molecule has 1 aromatic carbocycles. The second kappa shape index (κ2) is 8.15. The summed E-state index contributed by atoms with van der Waals surface area (Å²) >= 11 is 0. The summed E-state index contributed by atoms with van der Waals surface area (Å²) in [4.78, 5) is 24.5. The van der Waals surface area contributed by atoms with E-state index in [4.69, 9.17) is 10.5 Å². The van der Waals surface area contributed by atoms with E-state index >= 15 is 0 Å². The molecule has 24 heavy (non-hydrogen) atoms. The van der Waals surface area contributed by atoms with Crippen LogP contribution in [0.15, 0.2) is 12.1 Å². The molecule has 1 heterocycles. The molecule has 0 bridgehead atoms. The first-order valence-corrected chi connectivity index (χ1v) is 8.34. The third-order valence-corrected chi connectivity index (χ3v) is 4.47. The number of hydrogen-bond acceptors (Lipinski definition) is 4. The van der Waals surface area contributed by atoms with E-state index in [1.807, 2.05) is 0 Å². The van der Waals surface area contributed by atoms with Crippen LogP contribution in [0, 0.1) is 19.8 Å². The zero-order valence-electron chi connectivity index (χ0n) is 14.7. The van der Waals surface area contributed by atoms with Crippen molar-refractivity contribution in [3.05, 3.63) is 28.8 Å². The number of methoxy groups -OCH3 is 1. The smallest absolute Gasteiger partial charge is 0.309 e. The molecule has 1 unspecified atom stereocenters. The molecule has 1 aliphatic rings. The van der Waals surface area contributed by atoms with Gasteiger partial charge in [-0.3, -0.25) is 14.5 Å². The number of ether oxygens (including phenoxy) is 1. The van der Waals surface area contributed by atoms with Crippen LogP contribution in [-0.4, -0.2) is 43.5 Å². The highest BCUT2D eigenvalue weighted by atomic mass is 16.5. The molecule has 2 rings (SSSR count). The van der Waals surface area contributed by atoms with Crippen LogP contribution in [0.1, 0.15) is 29.5 Å². The molecule has 6 heteroatoms. The zero-order chi connectivity index (χ0) is 17.7. The number of primary amides is 1. The van der Waals surface area contributed by atoms with Gasteiger partial charge in [0.05, 0.1) is 7.11 Å². The van der Waals surface area contributed by atoms with Gasteiger partial charge in [0, 0.05) is 25.2 Å². The third-order valence-electron chi connectivity index (χ3n) is 4.47. The van der Waals surface area contributed by atoms with Gasteiger partial charge in [-0.2, -0.15) is 0 Å². The molecule has 0 saturated carbocycles. The second-order valence-corrected chi connectivity index (χ2v) is 6.59. The van der Waals surface area contributed by atoms with E-state index in [2.05, 4.69) is 36.2 Å². The first-order valence-electron chi connectivity index (χ1n) is 8.34. The van der Waals surface area contributed by atoms with Crippen molar-refractivity contribution >= 4 is 11.8 Å². The van der Waals surface area contributed by atoms with Gasteiger partial charge < -0.3 is 15.8 Å². The standard InChI is InChI=1S/C18H27N3O3/c1-12-7-13(2)16(24-3)15(8-12)11-21-6-4-5-14(10-21)9-20-18(23)17(19)22/h7-8,14H,4-6,9-11H2,1-3H3,(H2,19,22)(H,20,23). The number of carbonyl (C=O) groups is 2. The van der Waals surface area contributed by atoms with Crippen LogP contribution in [0.25, 0.3) is 0 Å². The van der Waals surface area contributed by atoms with Crippen LogP contribution in [0.2, 0.25) is 0 Å². The second-order valence-electron chi connectivity index (χ2n) is 6.59. The quantitative estimate of drug-likeness (QED) is 0.791. The van der Waals surface area contributed by atoms with Crippen LogP contribution in [-0.2, 0) is 16.1 Å². The summed E-state index contributed by atoms with van der Waals surface area (Å²) in [5.41, 5.74) is 8.53. The molecular weight excluding hydrogens is 306 g/mol. The Balaban J connectivity index is 1.98. The van der Waals surface area contributed by atoms with Crippen molar-refractivity contribution in [1.82, 2.24) is 10.2 Å². The van der Waals surface area contributed by atoms with E-state index < -0.39 is 11.8 Å². The lowest BCUT2D eigenvalue weighted by molar-refractivity contribution is -0.137. The minimum absolute atomic E-state index is 0.332. The van der Waals surface area contributed by atoms with Crippen molar-refractivity contribution in [2.24, 2.45) is 11.7 Å². The number of rotatable bonds is 5. The maximum absolute atomic E-state index is 11.3. The lowest BCUT2D eigenvalue weighted by atomic mass is 9.97. The van der Waals surface area contributed by atoms with Crippen molar-refractivity contribution in [3.8, 4) is 5.75 Å². The number of hydrogen-bond donors (Lipinski definition) is 2. The minimum Gasteiger partial charge on any atom is -0.496 e. The maximum atomic E-state index is 11.3. The van der Waals surface area contributed by atoms with Gasteiger partial charge in [0.2, 0.25) is 0 Å². The van der Waals surface area contributed by atoms with Crippen molar-refractivity contribution in [1.29, 1.82) is 0 Å². The van der Waals surface area contributed by atoms with Crippen LogP contribution >= 0.6 is 0 Å². The number of aryl methyl sites for hydroxylation is 2. The van der Waals surface area contributed by atoms with Gasteiger partial charge in [-0.05, 0) is 44.7 Å². The number of nitrogens with zero attached hydrogens (tertiary/aromatic N) is 1. The maximum Gasteiger partial charge on any atom is 0.309 e. The van der Waals surface area contributed by atoms with Crippen LogP contribution in [0.3, 0.4) is 0 Å². The molecule has 0 radical (unpaired) electrons. The monoisotopic (exact) mass is 333 g/mol. The Kier molecular flexibility index (Phi) is 6.20. The fourth-order valence-electron chi connectivity index (χ4n) is 3.48. The molecule has 0 aromatic heterocycles. The first kappa shape index (κ1) is 18.3. The topological polar surface area (TPSA) is 84.7 Å². The van der Waals surface area contributed by atoms with Gasteiger partial charge in [0.15, 0.2) is 0 Å². The van der Waals surface area contributed by atoms with E-state index in [-0.39, 0.29) is 0 Å². The third kappa shape index (κ3) is 4.71. The molecule has 1 aliphatic heterocycles. The van der Waals surface area contributed by atoms with Crippen molar-refractivity contribution in [3.63, 3.8) is 0 Å². The summed E-state index contributed by atoms with van der Waals surface area (Å²) in [6.07, 6.45) is 2.11. The van der Waals surface area contributed by atoms with Gasteiger partial charge in [-0.15, -0.1) is 0 Å². The molecule has 0 spiro atoms. The number of likely N-dealkylation sites (tertiary alicyclic amines) is 1. The molecule has 0 aliphatic carbocycles.